The van der Waals surface area contributed by atoms with Crippen molar-refractivity contribution in [3.05, 3.63) is 41.8 Å². The Kier molecular flexibility index (Phi) is 1.85. The molecule has 1 fully saturated rings. The fourth-order valence-corrected chi connectivity index (χ4v) is 1.38. The van der Waals surface area contributed by atoms with Gasteiger partial charge in [-0.05, 0) is 24.3 Å². The van der Waals surface area contributed by atoms with Gasteiger partial charge in [-0.2, -0.15) is 0 Å². The monoisotopic (exact) mass is 165 g/mol. The summed E-state index contributed by atoms with van der Waals surface area (Å²) in [6, 6.07) is 5.14. The van der Waals surface area contributed by atoms with Gasteiger partial charge in [0.1, 0.15) is 12.4 Å². The number of aliphatic hydroxyl groups excluding tert-OH is 1. The molecule has 1 saturated carbocycles. The van der Waals surface area contributed by atoms with Crippen LogP contribution >= 0.6 is 0 Å². The molecule has 1 radical (unpaired) electrons. The maximum atomic E-state index is 13.4. The first-order chi connectivity index (χ1) is 5.83. The Labute approximate surface area is 70.8 Å². The maximum absolute atomic E-state index is 13.4. The SMILES string of the molecule is O[CH]c1cccc(C2CC2)c1F. The Morgan fingerprint density at radius 1 is 1.42 bits per heavy atom. The molecule has 1 aliphatic carbocycles. The predicted molar refractivity (Wildman–Crippen MR) is 43.7 cm³/mol. The van der Waals surface area contributed by atoms with Gasteiger partial charge in [0, 0.05) is 5.56 Å². The van der Waals surface area contributed by atoms with E-state index in [0.717, 1.165) is 25.0 Å². The van der Waals surface area contributed by atoms with Crippen LogP contribution in [0.3, 0.4) is 0 Å². The zero-order valence-electron chi connectivity index (χ0n) is 6.63. The minimum atomic E-state index is -0.262. The lowest BCUT2D eigenvalue weighted by molar-refractivity contribution is 0.406. The number of halogens is 1. The Hall–Kier alpha value is -0.890. The quantitative estimate of drug-likeness (QED) is 0.714. The van der Waals surface area contributed by atoms with Crippen LogP contribution in [0.2, 0.25) is 0 Å². The first-order valence-corrected chi connectivity index (χ1v) is 4.09. The number of hydrogen-bond acceptors (Lipinski definition) is 1. The van der Waals surface area contributed by atoms with E-state index in [-0.39, 0.29) is 5.82 Å². The molecule has 63 valence electrons. The van der Waals surface area contributed by atoms with Crippen LogP contribution in [0.4, 0.5) is 4.39 Å². The van der Waals surface area contributed by atoms with Crippen molar-refractivity contribution in [2.45, 2.75) is 18.8 Å². The summed E-state index contributed by atoms with van der Waals surface area (Å²) in [5.41, 5.74) is 1.04. The third-order valence-corrected chi connectivity index (χ3v) is 2.21. The van der Waals surface area contributed by atoms with Crippen molar-refractivity contribution in [1.82, 2.24) is 0 Å². The van der Waals surface area contributed by atoms with Gasteiger partial charge in [0.2, 0.25) is 0 Å². The van der Waals surface area contributed by atoms with E-state index in [1.807, 2.05) is 0 Å². The highest BCUT2D eigenvalue weighted by Crippen LogP contribution is 2.41. The normalized spacial score (nSPS) is 16.5. The first-order valence-electron chi connectivity index (χ1n) is 4.09. The molecule has 1 aromatic rings. The Balaban J connectivity index is 2.40. The van der Waals surface area contributed by atoms with Gasteiger partial charge in [-0.3, -0.25) is 0 Å². The zero-order chi connectivity index (χ0) is 8.55. The van der Waals surface area contributed by atoms with Gasteiger partial charge in [-0.1, -0.05) is 18.2 Å². The third-order valence-electron chi connectivity index (χ3n) is 2.21. The first kappa shape index (κ1) is 7.74. The van der Waals surface area contributed by atoms with Crippen molar-refractivity contribution in [3.63, 3.8) is 0 Å². The van der Waals surface area contributed by atoms with Gasteiger partial charge in [-0.25, -0.2) is 4.39 Å². The summed E-state index contributed by atoms with van der Waals surface area (Å²) in [5, 5.41) is 8.68. The van der Waals surface area contributed by atoms with E-state index in [0.29, 0.717) is 11.5 Å². The molecule has 0 bridgehead atoms. The minimum Gasteiger partial charge on any atom is -0.385 e. The molecule has 1 N–H and O–H groups in total. The predicted octanol–water partition coefficient (Wildman–Crippen LogP) is 2.59. The standard InChI is InChI=1S/C10H10FO/c11-10-8(6-12)2-1-3-9(10)7-4-5-7/h1-3,6-7,12H,4-5H2. The Bertz CT molecular complexity index is 292. The molecule has 2 rings (SSSR count). The number of rotatable bonds is 2. The molecule has 0 atom stereocenters. The van der Waals surface area contributed by atoms with Crippen LogP contribution < -0.4 is 0 Å². The largest absolute Gasteiger partial charge is 0.385 e. The lowest BCUT2D eigenvalue weighted by Gasteiger charge is -2.03. The van der Waals surface area contributed by atoms with Crippen LogP contribution in [-0.2, 0) is 0 Å². The molecule has 12 heavy (non-hydrogen) atoms. The van der Waals surface area contributed by atoms with Crippen LogP contribution in [0.1, 0.15) is 29.9 Å². The number of benzene rings is 1. The van der Waals surface area contributed by atoms with Crippen molar-refractivity contribution in [2.75, 3.05) is 0 Å². The van der Waals surface area contributed by atoms with Crippen LogP contribution in [0.25, 0.3) is 0 Å². The summed E-state index contributed by atoms with van der Waals surface area (Å²) in [6.07, 6.45) is 2.15. The van der Waals surface area contributed by atoms with E-state index in [1.165, 1.54) is 0 Å². The van der Waals surface area contributed by atoms with E-state index >= 15 is 0 Å². The van der Waals surface area contributed by atoms with Gasteiger partial charge in [0.25, 0.3) is 0 Å². The van der Waals surface area contributed by atoms with Crippen LogP contribution in [0.5, 0.6) is 0 Å². The van der Waals surface area contributed by atoms with E-state index in [9.17, 15) is 4.39 Å². The molecule has 1 aromatic carbocycles. The molecular formula is C10H10FO. The summed E-state index contributed by atoms with van der Waals surface area (Å²) < 4.78 is 13.4. The molecule has 0 heterocycles. The molecule has 0 amide bonds. The zero-order valence-corrected chi connectivity index (χ0v) is 6.63. The molecule has 1 nitrogen and oxygen atoms in total. The summed E-state index contributed by atoms with van der Waals surface area (Å²) in [6.45, 7) is 0.821. The lowest BCUT2D eigenvalue weighted by Crippen LogP contribution is -1.93. The number of hydrogen-bond donors (Lipinski definition) is 1. The fraction of sp³-hybridized carbons (Fsp3) is 0.300. The van der Waals surface area contributed by atoms with Crippen molar-refractivity contribution in [2.24, 2.45) is 0 Å². The fourth-order valence-electron chi connectivity index (χ4n) is 1.38. The van der Waals surface area contributed by atoms with Crippen molar-refractivity contribution in [3.8, 4) is 0 Å². The summed E-state index contributed by atoms with van der Waals surface area (Å²) in [5.74, 6) is 0.132. The summed E-state index contributed by atoms with van der Waals surface area (Å²) in [7, 11) is 0. The van der Waals surface area contributed by atoms with Crippen molar-refractivity contribution < 1.29 is 9.50 Å². The van der Waals surface area contributed by atoms with Crippen molar-refractivity contribution >= 4 is 0 Å². The Morgan fingerprint density at radius 2 is 2.17 bits per heavy atom. The number of aliphatic hydroxyl groups is 1. The molecule has 0 aromatic heterocycles. The van der Waals surface area contributed by atoms with E-state index in [2.05, 4.69) is 0 Å². The smallest absolute Gasteiger partial charge is 0.132 e. The molecular weight excluding hydrogens is 155 g/mol. The third kappa shape index (κ3) is 1.23. The van der Waals surface area contributed by atoms with Crippen LogP contribution in [0, 0.1) is 12.4 Å². The molecule has 0 saturated heterocycles. The van der Waals surface area contributed by atoms with Gasteiger partial charge < -0.3 is 5.11 Å². The van der Waals surface area contributed by atoms with Crippen molar-refractivity contribution in [1.29, 1.82) is 0 Å². The average Bonchev–Trinajstić information content (AvgIpc) is 2.88. The van der Waals surface area contributed by atoms with E-state index in [1.54, 1.807) is 18.2 Å². The molecule has 1 aliphatic rings. The van der Waals surface area contributed by atoms with Gasteiger partial charge in [-0.15, -0.1) is 0 Å². The van der Waals surface area contributed by atoms with Gasteiger partial charge in [0.15, 0.2) is 0 Å². The maximum Gasteiger partial charge on any atom is 0.132 e. The van der Waals surface area contributed by atoms with E-state index in [4.69, 9.17) is 5.11 Å². The second kappa shape index (κ2) is 2.87. The van der Waals surface area contributed by atoms with Gasteiger partial charge in [0.05, 0.1) is 0 Å². The van der Waals surface area contributed by atoms with Gasteiger partial charge >= 0.3 is 0 Å². The lowest BCUT2D eigenvalue weighted by atomic mass is 10.1. The highest BCUT2D eigenvalue weighted by atomic mass is 19.1. The average molecular weight is 165 g/mol. The second-order valence-electron chi connectivity index (χ2n) is 3.15. The molecule has 0 unspecified atom stereocenters. The topological polar surface area (TPSA) is 20.2 Å². The Morgan fingerprint density at radius 3 is 2.75 bits per heavy atom. The van der Waals surface area contributed by atoms with Crippen LogP contribution in [0.15, 0.2) is 18.2 Å². The minimum absolute atomic E-state index is 0.262. The molecule has 0 aliphatic heterocycles. The highest BCUT2D eigenvalue weighted by Gasteiger charge is 2.27. The second-order valence-corrected chi connectivity index (χ2v) is 3.15. The molecule has 2 heteroatoms. The summed E-state index contributed by atoms with van der Waals surface area (Å²) >= 11 is 0. The van der Waals surface area contributed by atoms with Crippen LogP contribution in [-0.4, -0.2) is 5.11 Å². The van der Waals surface area contributed by atoms with E-state index < -0.39 is 0 Å². The highest BCUT2D eigenvalue weighted by molar-refractivity contribution is 5.33. The summed E-state index contributed by atoms with van der Waals surface area (Å²) in [4.78, 5) is 0. The molecule has 0 spiro atoms.